The molecule has 0 bridgehead atoms. The average Bonchev–Trinajstić information content (AvgIpc) is 4.01. The van der Waals surface area contributed by atoms with Crippen LogP contribution in [0.25, 0.3) is 11.4 Å². The van der Waals surface area contributed by atoms with Gasteiger partial charge in [0.1, 0.15) is 12.9 Å². The van der Waals surface area contributed by atoms with Crippen LogP contribution in [-0.4, -0.2) is 56.9 Å². The zero-order valence-corrected chi connectivity index (χ0v) is 33.1. The largest absolute Gasteiger partial charge is 0.434 e. The minimum atomic E-state index is -0.660. The van der Waals surface area contributed by atoms with Crippen LogP contribution in [0.15, 0.2) is 83.3 Å². The van der Waals surface area contributed by atoms with E-state index in [2.05, 4.69) is 40.9 Å². The molecule has 12 nitrogen and oxygen atoms in total. The monoisotopic (exact) mass is 796 g/mol. The van der Waals surface area contributed by atoms with Gasteiger partial charge in [-0.25, -0.2) is 24.5 Å². The molecule has 0 spiro atoms. The molecule has 57 heavy (non-hydrogen) atoms. The summed E-state index contributed by atoms with van der Waals surface area (Å²) in [6, 6.07) is 19.5. The van der Waals surface area contributed by atoms with Gasteiger partial charge in [0.2, 0.25) is 0 Å². The Labute approximate surface area is 337 Å². The number of carbonyl (C=O) groups is 1. The normalized spacial score (nSPS) is 15.5. The first-order valence-corrected chi connectivity index (χ1v) is 19.6. The number of terminal acetylenes is 2. The van der Waals surface area contributed by atoms with E-state index in [-0.39, 0.29) is 38.7 Å². The Morgan fingerprint density at radius 2 is 1.28 bits per heavy atom. The Hall–Kier alpha value is -5.97. The second-order valence-corrected chi connectivity index (χ2v) is 15.3. The van der Waals surface area contributed by atoms with Crippen LogP contribution < -0.4 is 0 Å². The second kappa shape index (κ2) is 16.3. The summed E-state index contributed by atoms with van der Waals surface area (Å²) in [7, 11) is 0. The van der Waals surface area contributed by atoms with E-state index in [0.717, 1.165) is 70.3 Å². The lowest BCUT2D eigenvalue weighted by Crippen LogP contribution is -2.14. The average molecular weight is 797 g/mol. The molecular weight excluding hydrogens is 761 g/mol. The summed E-state index contributed by atoms with van der Waals surface area (Å²) in [6.07, 6.45) is 15.0. The number of aliphatic imine (C=N–C) groups is 2. The molecule has 0 aliphatic carbocycles. The van der Waals surface area contributed by atoms with E-state index in [0.29, 0.717) is 11.4 Å². The number of thiophene rings is 2. The standard InChI is InChI=1S/C43H36N6O6S2/c1-7-29-17-34-41(56-29)36(31-15-11-9-13-25(31)3)46-27(5)39-33(44-20-48(34)39)19-54-55-24-52-22-51-23-53-43(50)38-40-28(6)47-37(32-16-12-10-14-26(32)4)42-35(49(40)21-45-38)18-30(8-2)57-42/h1-2,9-18,20-21,27-28H,19,22-24H2,3-6H3. The molecule has 0 N–H and O–H groups in total. The van der Waals surface area contributed by atoms with Gasteiger partial charge in [-0.2, -0.15) is 0 Å². The van der Waals surface area contributed by atoms with Gasteiger partial charge in [-0.3, -0.25) is 19.1 Å². The van der Waals surface area contributed by atoms with Crippen LogP contribution in [0.1, 0.15) is 95.3 Å². The zero-order chi connectivity index (χ0) is 39.6. The number of aromatic nitrogens is 4. The first kappa shape index (κ1) is 37.9. The maximum atomic E-state index is 13.3. The van der Waals surface area contributed by atoms with Crippen molar-refractivity contribution in [2.45, 2.75) is 46.4 Å². The molecule has 2 aromatic carbocycles. The Morgan fingerprint density at radius 1 is 0.737 bits per heavy atom. The summed E-state index contributed by atoms with van der Waals surface area (Å²) < 4.78 is 20.1. The van der Waals surface area contributed by atoms with Crippen molar-refractivity contribution in [3.63, 3.8) is 0 Å². The summed E-state index contributed by atoms with van der Waals surface area (Å²) in [5.74, 6) is 4.84. The van der Waals surface area contributed by atoms with Gasteiger partial charge in [-0.15, -0.1) is 35.5 Å². The van der Waals surface area contributed by atoms with Gasteiger partial charge in [0.15, 0.2) is 26.1 Å². The van der Waals surface area contributed by atoms with Gasteiger partial charge in [-0.05, 0) is 51.0 Å². The number of esters is 1. The van der Waals surface area contributed by atoms with Gasteiger partial charge in [-0.1, -0.05) is 60.4 Å². The molecule has 0 fully saturated rings. The lowest BCUT2D eigenvalue weighted by atomic mass is 10.0. The van der Waals surface area contributed by atoms with Crippen molar-refractivity contribution in [3.8, 4) is 36.1 Å². The highest BCUT2D eigenvalue weighted by Gasteiger charge is 2.32. The van der Waals surface area contributed by atoms with Gasteiger partial charge in [0.25, 0.3) is 0 Å². The molecule has 14 heteroatoms. The molecular formula is C43H36N6O6S2. The van der Waals surface area contributed by atoms with Crippen LogP contribution in [-0.2, 0) is 30.6 Å². The van der Waals surface area contributed by atoms with E-state index in [1.807, 2.05) is 78.4 Å². The topological polar surface area (TPSA) is 124 Å². The molecule has 2 aliphatic rings. The van der Waals surface area contributed by atoms with Crippen LogP contribution in [0.5, 0.6) is 0 Å². The molecule has 286 valence electrons. The van der Waals surface area contributed by atoms with Crippen molar-refractivity contribution in [1.29, 1.82) is 0 Å². The van der Waals surface area contributed by atoms with Crippen molar-refractivity contribution in [2.24, 2.45) is 9.98 Å². The number of hydrogen-bond acceptors (Lipinski definition) is 12. The van der Waals surface area contributed by atoms with Crippen molar-refractivity contribution >= 4 is 40.1 Å². The number of imidazole rings is 2. The van der Waals surface area contributed by atoms with Crippen LogP contribution in [0.2, 0.25) is 0 Å². The first-order chi connectivity index (χ1) is 27.8. The number of carbonyl (C=O) groups excluding carboxylic acids is 1. The molecule has 0 amide bonds. The number of ether oxygens (including phenoxy) is 3. The third-order valence-electron chi connectivity index (χ3n) is 9.63. The molecule has 0 saturated heterocycles. The predicted octanol–water partition coefficient (Wildman–Crippen LogP) is 7.80. The molecule has 2 unspecified atom stereocenters. The van der Waals surface area contributed by atoms with Gasteiger partial charge in [0, 0.05) is 11.1 Å². The minimum absolute atomic E-state index is 0.0476. The van der Waals surface area contributed by atoms with Crippen molar-refractivity contribution in [3.05, 3.63) is 138 Å². The van der Waals surface area contributed by atoms with Crippen LogP contribution >= 0.6 is 22.7 Å². The number of fused-ring (bicyclic) bond motifs is 6. The van der Waals surface area contributed by atoms with Crippen LogP contribution in [0.4, 0.5) is 0 Å². The van der Waals surface area contributed by atoms with Crippen LogP contribution in [0.3, 0.4) is 0 Å². The molecule has 0 radical (unpaired) electrons. The Balaban J connectivity index is 0.852. The SMILES string of the molecule is C#Cc1cc2c(s1)C(c1ccccc1C)=NC(C)c1c(COOCOCOCOC(=O)c3ncn4c3C(C)N=C(c3ccccc3C)c3sc(C#C)cc3-4)ncn1-2. The van der Waals surface area contributed by atoms with Crippen molar-refractivity contribution in [1.82, 2.24) is 19.1 Å². The lowest BCUT2D eigenvalue weighted by molar-refractivity contribution is -0.353. The second-order valence-electron chi connectivity index (χ2n) is 13.2. The highest BCUT2D eigenvalue weighted by atomic mass is 32.1. The zero-order valence-electron chi connectivity index (χ0n) is 31.5. The molecule has 4 aromatic heterocycles. The van der Waals surface area contributed by atoms with E-state index in [4.69, 9.17) is 46.8 Å². The summed E-state index contributed by atoms with van der Waals surface area (Å²) >= 11 is 3.01. The lowest BCUT2D eigenvalue weighted by Gasteiger charge is -2.12. The highest BCUT2D eigenvalue weighted by Crippen LogP contribution is 2.39. The molecule has 2 aliphatic heterocycles. The van der Waals surface area contributed by atoms with E-state index < -0.39 is 12.0 Å². The fourth-order valence-electron chi connectivity index (χ4n) is 6.99. The third kappa shape index (κ3) is 7.27. The smallest absolute Gasteiger partial charge is 0.361 e. The Bertz CT molecular complexity index is 2650. The number of hydrogen-bond donors (Lipinski definition) is 0. The van der Waals surface area contributed by atoms with E-state index >= 15 is 0 Å². The third-order valence-corrected chi connectivity index (χ3v) is 11.8. The molecule has 8 rings (SSSR count). The first-order valence-electron chi connectivity index (χ1n) is 18.0. The summed E-state index contributed by atoms with van der Waals surface area (Å²) in [5.41, 5.74) is 9.92. The fraction of sp³-hybridized carbons (Fsp3) is 0.233. The number of aryl methyl sites for hydroxylation is 2. The number of rotatable bonds is 12. The Kier molecular flexibility index (Phi) is 10.8. The molecule has 2 atom stereocenters. The van der Waals surface area contributed by atoms with Gasteiger partial charge in [0.05, 0.1) is 77.8 Å². The number of benzene rings is 2. The van der Waals surface area contributed by atoms with Crippen molar-refractivity contribution in [2.75, 3.05) is 20.4 Å². The quantitative estimate of drug-likeness (QED) is 0.0307. The summed E-state index contributed by atoms with van der Waals surface area (Å²) in [5, 5.41) is 0. The number of nitrogens with zero attached hydrogens (tertiary/aromatic N) is 6. The van der Waals surface area contributed by atoms with E-state index in [1.54, 1.807) is 12.7 Å². The maximum absolute atomic E-state index is 13.3. The van der Waals surface area contributed by atoms with E-state index in [9.17, 15) is 4.79 Å². The molecule has 6 aromatic rings. The minimum Gasteiger partial charge on any atom is -0.434 e. The van der Waals surface area contributed by atoms with Crippen molar-refractivity contribution < 1.29 is 28.8 Å². The van der Waals surface area contributed by atoms with Crippen LogP contribution in [0, 0.1) is 38.5 Å². The maximum Gasteiger partial charge on any atom is 0.361 e. The highest BCUT2D eigenvalue weighted by molar-refractivity contribution is 7.15. The molecule has 6 heterocycles. The van der Waals surface area contributed by atoms with Gasteiger partial charge >= 0.3 is 5.97 Å². The summed E-state index contributed by atoms with van der Waals surface area (Å²) in [6.45, 7) is 7.26. The van der Waals surface area contributed by atoms with Gasteiger partial charge < -0.3 is 14.2 Å². The fourth-order valence-corrected chi connectivity index (χ4v) is 8.93. The predicted molar refractivity (Wildman–Crippen MR) is 217 cm³/mol. The van der Waals surface area contributed by atoms with E-state index in [1.165, 1.54) is 22.7 Å². The summed E-state index contributed by atoms with van der Waals surface area (Å²) in [4.78, 5) is 46.7. The molecule has 0 saturated carbocycles. The Morgan fingerprint density at radius 3 is 1.88 bits per heavy atom.